The monoisotopic (exact) mass is 1170 g/mol. The molecule has 20 rings (SSSR count). The van der Waals surface area contributed by atoms with Crippen LogP contribution in [0.2, 0.25) is 0 Å². The summed E-state index contributed by atoms with van der Waals surface area (Å²) in [7, 11) is 0. The molecule has 6 aromatic heterocycles. The minimum absolute atomic E-state index is 0.894. The first kappa shape index (κ1) is 50.5. The molecule has 0 aliphatic carbocycles. The Bertz CT molecular complexity index is 6140. The van der Waals surface area contributed by atoms with Crippen LogP contribution in [-0.4, -0.2) is 13.7 Å². The highest BCUT2D eigenvalue weighted by atomic mass is 32.1. The summed E-state index contributed by atoms with van der Waals surface area (Å²) in [5.74, 6) is 0. The Hall–Kier alpha value is -11.7. The van der Waals surface area contributed by atoms with E-state index in [1.807, 2.05) is 11.3 Å². The number of nitrogens with zero attached hydrogens (tertiary/aromatic N) is 3. The fraction of sp³-hybridized carbons (Fsp3) is 0. The van der Waals surface area contributed by atoms with Crippen molar-refractivity contribution in [2.75, 3.05) is 0 Å². The Morgan fingerprint density at radius 3 is 0.878 bits per heavy atom. The van der Waals surface area contributed by atoms with Crippen molar-refractivity contribution in [3.63, 3.8) is 0 Å². The number of hydrogen-bond donors (Lipinski definition) is 0. The van der Waals surface area contributed by atoms with Crippen LogP contribution in [0.5, 0.6) is 0 Å². The predicted octanol–water partition coefficient (Wildman–Crippen LogP) is 23.8. The van der Waals surface area contributed by atoms with Crippen LogP contribution in [0.3, 0.4) is 0 Å². The molecule has 6 heterocycles. The smallest absolute Gasteiger partial charge is 0.135 e. The second-order valence-corrected chi connectivity index (χ2v) is 24.6. The van der Waals surface area contributed by atoms with Crippen LogP contribution in [0.1, 0.15) is 0 Å². The van der Waals surface area contributed by atoms with Gasteiger partial charge in [-0.05, 0) is 167 Å². The zero-order chi connectivity index (χ0) is 59.0. The Kier molecular flexibility index (Phi) is 11.2. The molecule has 0 radical (unpaired) electrons. The molecule has 0 unspecified atom stereocenters. The first-order valence-corrected chi connectivity index (χ1v) is 31.4. The van der Waals surface area contributed by atoms with Crippen molar-refractivity contribution in [3.05, 3.63) is 309 Å². The Morgan fingerprint density at radius 1 is 0.189 bits per heavy atom. The van der Waals surface area contributed by atoms with E-state index in [0.717, 1.165) is 66.5 Å². The molecule has 0 bridgehead atoms. The molecule has 0 aliphatic rings. The van der Waals surface area contributed by atoms with Crippen molar-refractivity contribution in [1.29, 1.82) is 0 Å². The maximum Gasteiger partial charge on any atom is 0.135 e. The quantitative estimate of drug-likeness (QED) is 0.166. The van der Waals surface area contributed by atoms with Crippen molar-refractivity contribution in [2.24, 2.45) is 0 Å². The number of thiophene rings is 1. The molecule has 0 aliphatic heterocycles. The van der Waals surface area contributed by atoms with Crippen LogP contribution in [0.15, 0.2) is 318 Å². The van der Waals surface area contributed by atoms with E-state index in [9.17, 15) is 0 Å². The second kappa shape index (κ2) is 19.9. The van der Waals surface area contributed by atoms with Crippen LogP contribution in [0.4, 0.5) is 0 Å². The third-order valence-electron chi connectivity index (χ3n) is 18.5. The average Bonchev–Trinajstić information content (AvgIpc) is 1.82. The van der Waals surface area contributed by atoms with E-state index in [1.165, 1.54) is 113 Å². The fourth-order valence-corrected chi connectivity index (χ4v) is 15.4. The zero-order valence-electron chi connectivity index (χ0n) is 48.5. The lowest BCUT2D eigenvalue weighted by atomic mass is 9.99. The van der Waals surface area contributed by atoms with Gasteiger partial charge in [0.05, 0.1) is 33.1 Å². The third-order valence-corrected chi connectivity index (χ3v) is 19.7. The second-order valence-electron chi connectivity index (χ2n) is 23.5. The molecule has 0 spiro atoms. The lowest BCUT2D eigenvalue weighted by Gasteiger charge is -2.10. The van der Waals surface area contributed by atoms with E-state index in [2.05, 4.69) is 323 Å². The molecule has 5 nitrogen and oxygen atoms in total. The number of hydrogen-bond acceptors (Lipinski definition) is 3. The number of benzene rings is 14. The highest BCUT2D eigenvalue weighted by Gasteiger charge is 2.19. The topological polar surface area (TPSA) is 41.1 Å². The van der Waals surface area contributed by atoms with Gasteiger partial charge < -0.3 is 22.5 Å². The summed E-state index contributed by atoms with van der Waals surface area (Å²) >= 11 is 1.86. The normalized spacial score (nSPS) is 12.0. The Labute approximate surface area is 520 Å². The van der Waals surface area contributed by atoms with Crippen LogP contribution >= 0.6 is 11.3 Å². The molecule has 90 heavy (non-hydrogen) atoms. The molecule has 0 saturated heterocycles. The third kappa shape index (κ3) is 7.88. The van der Waals surface area contributed by atoms with Gasteiger partial charge in [-0.3, -0.25) is 0 Å². The van der Waals surface area contributed by atoms with Gasteiger partial charge in [-0.25, -0.2) is 0 Å². The lowest BCUT2D eigenvalue weighted by Crippen LogP contribution is -1.94. The standard InChI is InChI=1S/C42H26N2O.C42H25NOS/c1-5-16-37-31(12-1)32-13-2-6-17-38(32)43(37)29-11-9-10-27(24-29)28-20-22-41-35(25-28)36-26-30(21-23-42(36)45-41)44-39-18-7-3-14-33(39)34-15-4-8-19-40(34)44;1-2-8-26(9-3-1)27-15-20-41-35(23-27)36-24-29(16-21-42(36)45-41)28-14-18-39-33(22-28)34-25-30(17-19-40(34)44-39)43-37-12-6-4-10-31(37)32-11-5-7-13-38(32)43/h1-26H;1-25H. The maximum atomic E-state index is 6.36. The van der Waals surface area contributed by atoms with E-state index in [1.54, 1.807) is 0 Å². The highest BCUT2D eigenvalue weighted by molar-refractivity contribution is 7.25. The van der Waals surface area contributed by atoms with Gasteiger partial charge in [-0.15, -0.1) is 11.3 Å². The van der Waals surface area contributed by atoms with E-state index in [0.29, 0.717) is 0 Å². The maximum absolute atomic E-state index is 6.36. The minimum atomic E-state index is 0.894. The van der Waals surface area contributed by atoms with Crippen LogP contribution in [0, 0.1) is 0 Å². The van der Waals surface area contributed by atoms with Gasteiger partial charge >= 0.3 is 0 Å². The Morgan fingerprint density at radius 2 is 0.478 bits per heavy atom. The van der Waals surface area contributed by atoms with Gasteiger partial charge in [0.2, 0.25) is 0 Å². The van der Waals surface area contributed by atoms with Gasteiger partial charge in [0, 0.05) is 91.1 Å². The first-order chi connectivity index (χ1) is 44.6. The van der Waals surface area contributed by atoms with Gasteiger partial charge in [-0.2, -0.15) is 0 Å². The Balaban J connectivity index is 0.000000130. The van der Waals surface area contributed by atoms with E-state index in [-0.39, 0.29) is 0 Å². The molecule has 0 fully saturated rings. The lowest BCUT2D eigenvalue weighted by molar-refractivity contribution is 0.668. The van der Waals surface area contributed by atoms with Gasteiger partial charge in [0.15, 0.2) is 0 Å². The molecule has 0 amide bonds. The summed E-state index contributed by atoms with van der Waals surface area (Å²) in [6.07, 6.45) is 0. The summed E-state index contributed by atoms with van der Waals surface area (Å²) in [5.41, 5.74) is 21.5. The molecule has 20 aromatic rings. The minimum Gasteiger partial charge on any atom is -0.456 e. The summed E-state index contributed by atoms with van der Waals surface area (Å²) in [6.45, 7) is 0. The van der Waals surface area contributed by atoms with Crippen molar-refractivity contribution in [3.8, 4) is 50.4 Å². The van der Waals surface area contributed by atoms with Crippen LogP contribution in [0.25, 0.3) is 180 Å². The van der Waals surface area contributed by atoms with Crippen molar-refractivity contribution >= 4 is 141 Å². The van der Waals surface area contributed by atoms with E-state index >= 15 is 0 Å². The van der Waals surface area contributed by atoms with Crippen molar-refractivity contribution in [2.45, 2.75) is 0 Å². The van der Waals surface area contributed by atoms with E-state index in [4.69, 9.17) is 8.83 Å². The van der Waals surface area contributed by atoms with Gasteiger partial charge in [0.1, 0.15) is 22.3 Å². The number of fused-ring (bicyclic) bond motifs is 18. The number of aromatic nitrogens is 3. The van der Waals surface area contributed by atoms with Gasteiger partial charge in [-0.1, -0.05) is 176 Å². The molecular weight excluding hydrogens is 1120 g/mol. The molecule has 0 N–H and O–H groups in total. The molecular formula is C84H51N3O2S. The molecule has 6 heteroatoms. The molecule has 0 atom stereocenters. The van der Waals surface area contributed by atoms with E-state index < -0.39 is 0 Å². The first-order valence-electron chi connectivity index (χ1n) is 30.6. The molecule has 420 valence electrons. The number of furan rings is 2. The highest BCUT2D eigenvalue weighted by Crippen LogP contribution is 2.43. The fourth-order valence-electron chi connectivity index (χ4n) is 14.4. The number of para-hydroxylation sites is 6. The number of rotatable bonds is 6. The average molecular weight is 1170 g/mol. The summed E-state index contributed by atoms with van der Waals surface area (Å²) in [5, 5.41) is 14.7. The largest absolute Gasteiger partial charge is 0.456 e. The van der Waals surface area contributed by atoms with Crippen molar-refractivity contribution < 1.29 is 8.83 Å². The summed E-state index contributed by atoms with van der Waals surface area (Å²) in [4.78, 5) is 0. The van der Waals surface area contributed by atoms with Crippen LogP contribution < -0.4 is 0 Å². The van der Waals surface area contributed by atoms with Crippen LogP contribution in [-0.2, 0) is 0 Å². The predicted molar refractivity (Wildman–Crippen MR) is 380 cm³/mol. The SMILES string of the molecule is c1cc(-c2ccc3oc4ccc(-n5c6ccccc6c6ccccc65)cc4c3c2)cc(-n2c3ccccc3c3ccccc32)c1.c1ccc(-c2ccc3sc4ccc(-c5ccc6oc7ccc(-n8c9ccccc9c9ccccc98)cc7c6c5)cc4c3c2)cc1. The van der Waals surface area contributed by atoms with Gasteiger partial charge in [0.25, 0.3) is 0 Å². The zero-order valence-corrected chi connectivity index (χ0v) is 49.3. The summed E-state index contributed by atoms with van der Waals surface area (Å²) in [6, 6.07) is 111. The molecule has 14 aromatic carbocycles. The van der Waals surface area contributed by atoms with Crippen molar-refractivity contribution in [1.82, 2.24) is 13.7 Å². The summed E-state index contributed by atoms with van der Waals surface area (Å²) < 4.78 is 22.4. The molecule has 0 saturated carbocycles.